The van der Waals surface area contributed by atoms with Gasteiger partial charge in [-0.25, -0.2) is 0 Å². The van der Waals surface area contributed by atoms with Crippen LogP contribution < -0.4 is 4.73 Å². The van der Waals surface area contributed by atoms with E-state index in [1.54, 1.807) is 25.1 Å². The Kier molecular flexibility index (Phi) is 10.2. The Hall–Kier alpha value is -0.820. The van der Waals surface area contributed by atoms with E-state index in [9.17, 15) is 5.21 Å². The molecule has 0 N–H and O–H groups in total. The van der Waals surface area contributed by atoms with Crippen LogP contribution in [0.3, 0.4) is 0 Å². The maximum absolute atomic E-state index is 11.4. The smallest absolute Gasteiger partial charge is 0.193 e. The van der Waals surface area contributed by atoms with E-state index in [0.29, 0.717) is 6.61 Å². The third-order valence-corrected chi connectivity index (χ3v) is 4.43. The molecule has 0 unspecified atom stereocenters. The minimum atomic E-state index is 0.707. The number of ether oxygens (including phenoxy) is 3. The van der Waals surface area contributed by atoms with Gasteiger partial charge in [-0.05, 0) is 19.8 Å². The van der Waals surface area contributed by atoms with E-state index in [1.807, 2.05) is 19.9 Å². The average Bonchev–Trinajstić information content (AvgIpc) is 2.52. The summed E-state index contributed by atoms with van der Waals surface area (Å²) in [4.78, 5) is 1.15. The number of rotatable bonds is 12. The van der Waals surface area contributed by atoms with E-state index in [2.05, 4.69) is 0 Å². The number of thioether (sulfide) groups is 1. The lowest BCUT2D eigenvalue weighted by Crippen LogP contribution is -2.30. The van der Waals surface area contributed by atoms with Crippen LogP contribution in [0.4, 0.5) is 0 Å². The predicted molar refractivity (Wildman–Crippen MR) is 88.3 cm³/mol. The van der Waals surface area contributed by atoms with E-state index in [0.717, 1.165) is 65.9 Å². The zero-order chi connectivity index (χ0) is 16.2. The molecule has 126 valence electrons. The third-order valence-electron chi connectivity index (χ3n) is 3.30. The Bertz CT molecular complexity index is 429. The number of nitrogens with zero attached hydrogens (tertiary/aromatic N) is 1. The summed E-state index contributed by atoms with van der Waals surface area (Å²) in [5, 5.41) is 11.4. The standard InChI is InChI=1S/C16H27NO4S/c1-14-15(2)17(18)7-6-16(14)22-13-12-21-11-5-10-20-9-4-8-19-3/h6-7H,4-5,8-13H2,1-3H3. The molecule has 0 aliphatic heterocycles. The average molecular weight is 329 g/mol. The Balaban J connectivity index is 2.01. The molecule has 0 spiro atoms. The summed E-state index contributed by atoms with van der Waals surface area (Å²) in [6, 6.07) is 1.87. The minimum absolute atomic E-state index is 0.707. The lowest BCUT2D eigenvalue weighted by Gasteiger charge is -2.09. The highest BCUT2D eigenvalue weighted by atomic mass is 32.2. The molecule has 1 aromatic heterocycles. The molecule has 5 nitrogen and oxygen atoms in total. The molecular weight excluding hydrogens is 302 g/mol. The van der Waals surface area contributed by atoms with Crippen molar-refractivity contribution in [1.29, 1.82) is 0 Å². The Labute approximate surface area is 137 Å². The van der Waals surface area contributed by atoms with Gasteiger partial charge in [0.15, 0.2) is 11.9 Å². The van der Waals surface area contributed by atoms with Crippen molar-refractivity contribution in [2.75, 3.05) is 45.9 Å². The van der Waals surface area contributed by atoms with Crippen LogP contribution in [0.25, 0.3) is 0 Å². The Morgan fingerprint density at radius 1 is 1.05 bits per heavy atom. The van der Waals surface area contributed by atoms with Gasteiger partial charge in [0.05, 0.1) is 6.61 Å². The molecule has 0 saturated carbocycles. The molecule has 0 fully saturated rings. The SMILES string of the molecule is COCCCOCCCOCCSc1cc[n+]([O-])c(C)c1C. The quantitative estimate of drug-likeness (QED) is 0.255. The summed E-state index contributed by atoms with van der Waals surface area (Å²) in [6.45, 7) is 7.48. The van der Waals surface area contributed by atoms with Crippen LogP contribution in [-0.4, -0.2) is 45.9 Å². The maximum atomic E-state index is 11.4. The van der Waals surface area contributed by atoms with Crippen molar-refractivity contribution >= 4 is 11.8 Å². The number of pyridine rings is 1. The van der Waals surface area contributed by atoms with Crippen molar-refractivity contribution in [2.45, 2.75) is 31.6 Å². The summed E-state index contributed by atoms with van der Waals surface area (Å²) in [7, 11) is 1.70. The van der Waals surface area contributed by atoms with Crippen LogP contribution in [0.5, 0.6) is 0 Å². The van der Waals surface area contributed by atoms with Gasteiger partial charge in [0.2, 0.25) is 0 Å². The fourth-order valence-electron chi connectivity index (χ4n) is 1.86. The van der Waals surface area contributed by atoms with Crippen LogP contribution in [0.1, 0.15) is 24.1 Å². The van der Waals surface area contributed by atoms with Crippen LogP contribution in [0, 0.1) is 19.1 Å². The molecule has 0 aliphatic rings. The van der Waals surface area contributed by atoms with Gasteiger partial charge in [-0.15, -0.1) is 11.8 Å². The second kappa shape index (κ2) is 11.7. The lowest BCUT2D eigenvalue weighted by atomic mass is 10.2. The molecule has 1 rings (SSSR count). The molecule has 22 heavy (non-hydrogen) atoms. The van der Waals surface area contributed by atoms with Gasteiger partial charge in [-0.1, -0.05) is 0 Å². The molecule has 1 aromatic rings. The lowest BCUT2D eigenvalue weighted by molar-refractivity contribution is -0.613. The zero-order valence-electron chi connectivity index (χ0n) is 13.8. The summed E-state index contributed by atoms with van der Waals surface area (Å²) in [5.41, 5.74) is 1.81. The highest BCUT2D eigenvalue weighted by Gasteiger charge is 2.08. The van der Waals surface area contributed by atoms with Crippen molar-refractivity contribution in [3.05, 3.63) is 28.7 Å². The highest BCUT2D eigenvalue weighted by Crippen LogP contribution is 2.22. The van der Waals surface area contributed by atoms with E-state index >= 15 is 0 Å². The van der Waals surface area contributed by atoms with Crippen molar-refractivity contribution in [3.8, 4) is 0 Å². The first-order valence-corrected chi connectivity index (χ1v) is 8.62. The fraction of sp³-hybridized carbons (Fsp3) is 0.688. The first kappa shape index (κ1) is 19.2. The molecule has 0 aromatic carbocycles. The summed E-state index contributed by atoms with van der Waals surface area (Å²) in [5.74, 6) is 0.887. The predicted octanol–water partition coefficient (Wildman–Crippen LogP) is 2.49. The van der Waals surface area contributed by atoms with E-state index in [-0.39, 0.29) is 0 Å². The highest BCUT2D eigenvalue weighted by molar-refractivity contribution is 7.99. The summed E-state index contributed by atoms with van der Waals surface area (Å²) < 4.78 is 16.9. The molecule has 1 heterocycles. The van der Waals surface area contributed by atoms with Crippen LogP contribution in [0.15, 0.2) is 17.2 Å². The topological polar surface area (TPSA) is 54.6 Å². The fourth-order valence-corrected chi connectivity index (χ4v) is 2.80. The van der Waals surface area contributed by atoms with Crippen molar-refractivity contribution in [1.82, 2.24) is 0 Å². The van der Waals surface area contributed by atoms with Gasteiger partial charge in [0, 0.05) is 62.7 Å². The van der Waals surface area contributed by atoms with Crippen molar-refractivity contribution < 1.29 is 18.9 Å². The molecular formula is C16H27NO4S. The van der Waals surface area contributed by atoms with Gasteiger partial charge in [0.1, 0.15) is 0 Å². The molecule has 6 heteroatoms. The molecule has 0 bridgehead atoms. The second-order valence-corrected chi connectivity index (χ2v) is 6.13. The molecule has 0 radical (unpaired) electrons. The first-order chi connectivity index (χ1) is 10.7. The van der Waals surface area contributed by atoms with Gasteiger partial charge in [0.25, 0.3) is 0 Å². The van der Waals surface area contributed by atoms with Crippen LogP contribution in [-0.2, 0) is 14.2 Å². The normalized spacial score (nSPS) is 11.0. The Morgan fingerprint density at radius 2 is 1.68 bits per heavy atom. The molecule has 0 aliphatic carbocycles. The van der Waals surface area contributed by atoms with E-state index in [1.165, 1.54) is 0 Å². The largest absolute Gasteiger partial charge is 0.619 e. The third kappa shape index (κ3) is 7.45. The Morgan fingerprint density at radius 3 is 2.36 bits per heavy atom. The number of hydrogen-bond donors (Lipinski definition) is 0. The maximum Gasteiger partial charge on any atom is 0.193 e. The number of methoxy groups -OCH3 is 1. The van der Waals surface area contributed by atoms with Crippen LogP contribution in [0.2, 0.25) is 0 Å². The minimum Gasteiger partial charge on any atom is -0.619 e. The van der Waals surface area contributed by atoms with Crippen LogP contribution >= 0.6 is 11.8 Å². The van der Waals surface area contributed by atoms with E-state index < -0.39 is 0 Å². The number of aromatic nitrogens is 1. The molecule has 0 amide bonds. The zero-order valence-corrected chi connectivity index (χ0v) is 14.6. The van der Waals surface area contributed by atoms with Gasteiger partial charge in [-0.3, -0.25) is 0 Å². The van der Waals surface area contributed by atoms with Gasteiger partial charge >= 0.3 is 0 Å². The molecule has 0 saturated heterocycles. The van der Waals surface area contributed by atoms with Gasteiger partial charge < -0.3 is 19.4 Å². The summed E-state index contributed by atoms with van der Waals surface area (Å²) in [6.07, 6.45) is 3.41. The first-order valence-electron chi connectivity index (χ1n) is 7.63. The monoisotopic (exact) mass is 329 g/mol. The van der Waals surface area contributed by atoms with E-state index in [4.69, 9.17) is 14.2 Å². The van der Waals surface area contributed by atoms with Crippen molar-refractivity contribution in [2.24, 2.45) is 0 Å². The van der Waals surface area contributed by atoms with Gasteiger partial charge in [-0.2, -0.15) is 4.73 Å². The summed E-state index contributed by atoms with van der Waals surface area (Å²) >= 11 is 1.72. The molecule has 0 atom stereocenters. The van der Waals surface area contributed by atoms with Crippen molar-refractivity contribution in [3.63, 3.8) is 0 Å². The second-order valence-electron chi connectivity index (χ2n) is 4.99. The number of hydrogen-bond acceptors (Lipinski definition) is 5.